The van der Waals surface area contributed by atoms with Gasteiger partial charge in [-0.05, 0) is 24.6 Å². The first-order valence-electron chi connectivity index (χ1n) is 8.26. The minimum atomic E-state index is -3.06. The molecule has 0 radical (unpaired) electrons. The molecular formula is C18H20FN3O3S. The number of sulfone groups is 1. The monoisotopic (exact) mass is 377 g/mol. The molecule has 6 nitrogen and oxygen atoms in total. The summed E-state index contributed by atoms with van der Waals surface area (Å²) in [5, 5.41) is 3.00. The third kappa shape index (κ3) is 4.19. The molecule has 1 aromatic carbocycles. The van der Waals surface area contributed by atoms with Crippen molar-refractivity contribution in [2.45, 2.75) is 19.0 Å². The van der Waals surface area contributed by atoms with E-state index >= 15 is 0 Å². The number of carbonyl (C=O) groups is 1. The smallest absolute Gasteiger partial charge is 0.254 e. The van der Waals surface area contributed by atoms with Gasteiger partial charge < -0.3 is 10.2 Å². The third-order valence-corrected chi connectivity index (χ3v) is 6.25. The number of carbonyl (C=O) groups excluding carboxylic acids is 1. The highest BCUT2D eigenvalue weighted by Crippen LogP contribution is 2.19. The number of nitrogens with zero attached hydrogens (tertiary/aromatic N) is 2. The molecule has 8 heteroatoms. The Hall–Kier alpha value is -2.48. The molecule has 1 fully saturated rings. The molecule has 1 aromatic heterocycles. The Morgan fingerprint density at radius 2 is 2.12 bits per heavy atom. The molecule has 0 spiro atoms. The molecule has 1 amide bonds. The Morgan fingerprint density at radius 1 is 1.35 bits per heavy atom. The summed E-state index contributed by atoms with van der Waals surface area (Å²) in [5.74, 6) is -0.0100. The van der Waals surface area contributed by atoms with Crippen LogP contribution >= 0.6 is 0 Å². The Labute approximate surface area is 152 Å². The van der Waals surface area contributed by atoms with Crippen molar-refractivity contribution in [1.82, 2.24) is 9.88 Å². The minimum Gasteiger partial charge on any atom is -0.366 e. The predicted octanol–water partition coefficient (Wildman–Crippen LogP) is 2.09. The molecule has 138 valence electrons. The van der Waals surface area contributed by atoms with Crippen molar-refractivity contribution in [3.05, 3.63) is 59.5 Å². The summed E-state index contributed by atoms with van der Waals surface area (Å²) >= 11 is 0. The van der Waals surface area contributed by atoms with E-state index in [2.05, 4.69) is 10.3 Å². The first-order chi connectivity index (χ1) is 12.4. The van der Waals surface area contributed by atoms with Gasteiger partial charge in [-0.3, -0.25) is 4.79 Å². The fourth-order valence-corrected chi connectivity index (χ4v) is 4.71. The lowest BCUT2D eigenvalue weighted by Gasteiger charge is -2.23. The second-order valence-corrected chi connectivity index (χ2v) is 8.58. The molecule has 0 bridgehead atoms. The third-order valence-electron chi connectivity index (χ3n) is 4.50. The van der Waals surface area contributed by atoms with Gasteiger partial charge in [-0.25, -0.2) is 17.8 Å². The van der Waals surface area contributed by atoms with Crippen LogP contribution in [0.1, 0.15) is 22.3 Å². The van der Waals surface area contributed by atoms with Gasteiger partial charge in [0.05, 0.1) is 11.5 Å². The van der Waals surface area contributed by atoms with E-state index in [1.54, 1.807) is 37.4 Å². The predicted molar refractivity (Wildman–Crippen MR) is 97.1 cm³/mol. The number of benzene rings is 1. The molecule has 1 N–H and O–H groups in total. The molecule has 1 aliphatic heterocycles. The van der Waals surface area contributed by atoms with Gasteiger partial charge >= 0.3 is 0 Å². The number of anilines is 1. The summed E-state index contributed by atoms with van der Waals surface area (Å²) < 4.78 is 36.9. The van der Waals surface area contributed by atoms with Crippen LogP contribution in [0.2, 0.25) is 0 Å². The minimum absolute atomic E-state index is 0.00128. The van der Waals surface area contributed by atoms with E-state index in [1.807, 2.05) is 0 Å². The summed E-state index contributed by atoms with van der Waals surface area (Å²) in [6, 6.07) is 9.28. The van der Waals surface area contributed by atoms with Gasteiger partial charge in [0.15, 0.2) is 9.84 Å². The Morgan fingerprint density at radius 3 is 2.81 bits per heavy atom. The fourth-order valence-electron chi connectivity index (χ4n) is 2.94. The lowest BCUT2D eigenvalue weighted by atomic mass is 10.1. The quantitative estimate of drug-likeness (QED) is 0.863. The highest BCUT2D eigenvalue weighted by atomic mass is 32.2. The van der Waals surface area contributed by atoms with Crippen molar-refractivity contribution in [1.29, 1.82) is 0 Å². The first kappa shape index (κ1) is 18.3. The van der Waals surface area contributed by atoms with Crippen molar-refractivity contribution in [3.8, 4) is 0 Å². The van der Waals surface area contributed by atoms with E-state index in [1.165, 1.54) is 17.2 Å². The van der Waals surface area contributed by atoms with Crippen molar-refractivity contribution < 1.29 is 17.6 Å². The number of aromatic nitrogens is 1. The highest BCUT2D eigenvalue weighted by molar-refractivity contribution is 7.91. The largest absolute Gasteiger partial charge is 0.366 e. The summed E-state index contributed by atoms with van der Waals surface area (Å²) in [6.45, 7) is 0.244. The van der Waals surface area contributed by atoms with Crippen LogP contribution < -0.4 is 5.32 Å². The number of nitrogens with one attached hydrogen (secondary N) is 1. The van der Waals surface area contributed by atoms with E-state index in [0.717, 1.165) is 0 Å². The van der Waals surface area contributed by atoms with Crippen molar-refractivity contribution in [3.63, 3.8) is 0 Å². The van der Waals surface area contributed by atoms with E-state index in [9.17, 15) is 17.6 Å². The molecule has 3 rings (SSSR count). The molecule has 1 atom stereocenters. The van der Waals surface area contributed by atoms with Gasteiger partial charge in [0, 0.05) is 37.0 Å². The maximum absolute atomic E-state index is 13.7. The zero-order valence-electron chi connectivity index (χ0n) is 14.4. The van der Waals surface area contributed by atoms with Gasteiger partial charge in [0.1, 0.15) is 11.6 Å². The second kappa shape index (κ2) is 7.41. The number of hydrogen-bond acceptors (Lipinski definition) is 5. The van der Waals surface area contributed by atoms with Crippen LogP contribution in [0.25, 0.3) is 0 Å². The summed E-state index contributed by atoms with van der Waals surface area (Å²) in [6.07, 6.45) is 1.95. The molecule has 0 aliphatic carbocycles. The molecule has 2 aromatic rings. The molecule has 1 aliphatic rings. The van der Waals surface area contributed by atoms with Crippen LogP contribution in [-0.2, 0) is 16.4 Å². The second-order valence-electron chi connectivity index (χ2n) is 6.35. The van der Waals surface area contributed by atoms with E-state index in [-0.39, 0.29) is 35.8 Å². The normalized spacial score (nSPS) is 18.5. The Kier molecular flexibility index (Phi) is 5.22. The van der Waals surface area contributed by atoms with Gasteiger partial charge in [-0.1, -0.05) is 18.2 Å². The molecule has 1 unspecified atom stereocenters. The molecular weight excluding hydrogens is 357 g/mol. The number of amides is 1. The lowest BCUT2D eigenvalue weighted by Crippen LogP contribution is -2.37. The van der Waals surface area contributed by atoms with E-state index < -0.39 is 9.84 Å². The first-order valence-corrected chi connectivity index (χ1v) is 10.1. The van der Waals surface area contributed by atoms with Gasteiger partial charge in [0.25, 0.3) is 5.91 Å². The Balaban J connectivity index is 1.68. The van der Waals surface area contributed by atoms with Gasteiger partial charge in [-0.2, -0.15) is 0 Å². The maximum Gasteiger partial charge on any atom is 0.254 e. The van der Waals surface area contributed by atoms with Gasteiger partial charge in [0.2, 0.25) is 0 Å². The van der Waals surface area contributed by atoms with Crippen LogP contribution in [0, 0.1) is 5.82 Å². The average Bonchev–Trinajstić information content (AvgIpc) is 3.00. The zero-order chi connectivity index (χ0) is 18.7. The van der Waals surface area contributed by atoms with Crippen LogP contribution in [0.5, 0.6) is 0 Å². The number of pyridine rings is 1. The van der Waals surface area contributed by atoms with Crippen LogP contribution in [0.15, 0.2) is 42.6 Å². The number of rotatable bonds is 5. The van der Waals surface area contributed by atoms with Crippen LogP contribution in [0.3, 0.4) is 0 Å². The zero-order valence-corrected chi connectivity index (χ0v) is 15.2. The molecule has 0 saturated carbocycles. The molecule has 2 heterocycles. The highest BCUT2D eigenvalue weighted by Gasteiger charge is 2.33. The average molecular weight is 377 g/mol. The molecule has 1 saturated heterocycles. The fraction of sp³-hybridized carbons (Fsp3) is 0.333. The standard InChI is InChI=1S/C18H20FN3O3S/c1-22(15-7-9-26(24,25)12-15)18(23)13-6-8-20-17(10-13)21-11-14-4-2-3-5-16(14)19/h2-6,8,10,15H,7,9,11-12H2,1H3,(H,20,21). The van der Waals surface area contributed by atoms with Crippen molar-refractivity contribution in [2.75, 3.05) is 23.9 Å². The van der Waals surface area contributed by atoms with E-state index in [0.29, 0.717) is 23.4 Å². The lowest BCUT2D eigenvalue weighted by molar-refractivity contribution is 0.0747. The maximum atomic E-state index is 13.7. The van der Waals surface area contributed by atoms with Crippen molar-refractivity contribution >= 4 is 21.6 Å². The number of hydrogen-bond donors (Lipinski definition) is 1. The van der Waals surface area contributed by atoms with Crippen LogP contribution in [0.4, 0.5) is 10.2 Å². The summed E-state index contributed by atoms with van der Waals surface area (Å²) in [7, 11) is -1.45. The van der Waals surface area contributed by atoms with Crippen LogP contribution in [-0.4, -0.2) is 48.8 Å². The van der Waals surface area contributed by atoms with E-state index in [4.69, 9.17) is 0 Å². The molecule has 26 heavy (non-hydrogen) atoms. The summed E-state index contributed by atoms with van der Waals surface area (Å²) in [4.78, 5) is 18.3. The Bertz CT molecular complexity index is 917. The SMILES string of the molecule is CN(C(=O)c1ccnc(NCc2ccccc2F)c1)C1CCS(=O)(=O)C1. The number of halogens is 1. The van der Waals surface area contributed by atoms with Crippen molar-refractivity contribution in [2.24, 2.45) is 0 Å². The van der Waals surface area contributed by atoms with Gasteiger partial charge in [-0.15, -0.1) is 0 Å². The topological polar surface area (TPSA) is 79.4 Å². The summed E-state index contributed by atoms with van der Waals surface area (Å²) in [5.41, 5.74) is 0.905.